The molecule has 4 rings (SSSR count). The topological polar surface area (TPSA) is 63.1 Å². The summed E-state index contributed by atoms with van der Waals surface area (Å²) < 4.78 is 1.86. The number of aromatic carboxylic acids is 1. The fraction of sp³-hybridized carbons (Fsp3) is 0.0500. The fourth-order valence-electron chi connectivity index (χ4n) is 2.50. The molecule has 0 aliphatic carbocycles. The lowest BCUT2D eigenvalue weighted by Crippen LogP contribution is -1.95. The minimum atomic E-state index is -0.921. The predicted molar refractivity (Wildman–Crippen MR) is 111 cm³/mol. The quantitative estimate of drug-likeness (QED) is 0.368. The lowest BCUT2D eigenvalue weighted by molar-refractivity contribution is 0.0697. The smallest absolute Gasteiger partial charge is 0.335 e. The molecule has 2 aromatic carbocycles. The summed E-state index contributed by atoms with van der Waals surface area (Å²) in [6.45, 7) is 2.09. The Bertz CT molecular complexity index is 1110. The number of carbonyl (C=O) groups is 1. The summed E-state index contributed by atoms with van der Waals surface area (Å²) >= 11 is 6.79. The van der Waals surface area contributed by atoms with Gasteiger partial charge in [0.15, 0.2) is 0 Å². The van der Waals surface area contributed by atoms with Crippen LogP contribution in [0, 0.1) is 6.92 Å². The minimum absolute atomic E-state index is 0.282. The first-order chi connectivity index (χ1) is 12.5. The molecule has 0 aliphatic heterocycles. The lowest BCUT2D eigenvalue weighted by Gasteiger charge is -2.00. The van der Waals surface area contributed by atoms with Gasteiger partial charge in [0.2, 0.25) is 0 Å². The van der Waals surface area contributed by atoms with Crippen LogP contribution in [0.2, 0.25) is 0 Å². The number of fused-ring (bicyclic) bond motifs is 2. The zero-order valence-corrected chi connectivity index (χ0v) is 17.0. The van der Waals surface area contributed by atoms with Crippen LogP contribution >= 0.6 is 31.9 Å². The third-order valence-electron chi connectivity index (χ3n) is 3.83. The van der Waals surface area contributed by atoms with Crippen LogP contribution in [0.15, 0.2) is 70.1 Å². The number of benzene rings is 2. The van der Waals surface area contributed by atoms with Crippen molar-refractivity contribution in [2.75, 3.05) is 0 Å². The Balaban J connectivity index is 0.000000152. The summed E-state index contributed by atoms with van der Waals surface area (Å²) in [5, 5.41) is 13.0. The number of carboxylic acids is 1. The Kier molecular flexibility index (Phi) is 5.64. The molecule has 0 saturated carbocycles. The first-order valence-electron chi connectivity index (χ1n) is 7.72. The maximum Gasteiger partial charge on any atom is 0.335 e. The van der Waals surface area contributed by atoms with Gasteiger partial charge in [0.25, 0.3) is 0 Å². The van der Waals surface area contributed by atoms with E-state index in [4.69, 9.17) is 5.11 Å². The molecule has 0 radical (unpaired) electrons. The summed E-state index contributed by atoms with van der Waals surface area (Å²) in [6, 6.07) is 11.3. The van der Waals surface area contributed by atoms with E-state index in [2.05, 4.69) is 67.0 Å². The maximum absolute atomic E-state index is 10.7. The van der Waals surface area contributed by atoms with E-state index in [-0.39, 0.29) is 5.56 Å². The Morgan fingerprint density at radius 1 is 0.846 bits per heavy atom. The van der Waals surface area contributed by atoms with Crippen LogP contribution in [-0.2, 0) is 0 Å². The van der Waals surface area contributed by atoms with Crippen molar-refractivity contribution in [3.8, 4) is 0 Å². The highest BCUT2D eigenvalue weighted by atomic mass is 79.9. The minimum Gasteiger partial charge on any atom is -0.478 e. The Morgan fingerprint density at radius 3 is 1.96 bits per heavy atom. The van der Waals surface area contributed by atoms with Gasteiger partial charge in [-0.3, -0.25) is 9.97 Å². The average Bonchev–Trinajstić information content (AvgIpc) is 2.63. The monoisotopic (exact) mass is 472 g/mol. The second-order valence-corrected chi connectivity index (χ2v) is 7.42. The molecule has 0 amide bonds. The summed E-state index contributed by atoms with van der Waals surface area (Å²) in [5.74, 6) is -0.921. The third kappa shape index (κ3) is 4.08. The molecule has 0 atom stereocenters. The van der Waals surface area contributed by atoms with E-state index in [1.54, 1.807) is 30.6 Å². The van der Waals surface area contributed by atoms with Crippen molar-refractivity contribution < 1.29 is 9.90 Å². The number of pyridine rings is 2. The van der Waals surface area contributed by atoms with Gasteiger partial charge in [0.05, 0.1) is 5.56 Å². The standard InChI is InChI=1S/C10H6BrNO2.C10H8BrN/c11-9-5-12-4-7-2-1-6(10(13)14)3-8(7)9;1-7-2-3-8-5-12-6-10(11)9(8)4-7/h1-5H,(H,13,14);2-6H,1H3. The SMILES string of the molecule is Cc1ccc2cncc(Br)c2c1.O=C(O)c1ccc2cncc(Br)c2c1. The first kappa shape index (κ1) is 18.5. The number of halogens is 2. The Labute approximate surface area is 167 Å². The van der Waals surface area contributed by atoms with Crippen molar-refractivity contribution >= 4 is 59.4 Å². The van der Waals surface area contributed by atoms with Gasteiger partial charge in [-0.05, 0) is 61.7 Å². The number of hydrogen-bond donors (Lipinski definition) is 1. The second-order valence-electron chi connectivity index (χ2n) is 5.71. The molecule has 130 valence electrons. The molecule has 0 spiro atoms. The van der Waals surface area contributed by atoms with Gasteiger partial charge in [-0.15, -0.1) is 0 Å². The van der Waals surface area contributed by atoms with E-state index in [0.717, 1.165) is 19.7 Å². The number of aryl methyl sites for hydroxylation is 1. The number of aromatic nitrogens is 2. The lowest BCUT2D eigenvalue weighted by atomic mass is 10.1. The van der Waals surface area contributed by atoms with E-state index in [9.17, 15) is 4.79 Å². The second kappa shape index (κ2) is 7.93. The van der Waals surface area contributed by atoms with E-state index >= 15 is 0 Å². The van der Waals surface area contributed by atoms with E-state index in [1.807, 2.05) is 12.4 Å². The van der Waals surface area contributed by atoms with Crippen molar-refractivity contribution in [3.63, 3.8) is 0 Å². The molecule has 6 heteroatoms. The van der Waals surface area contributed by atoms with Crippen molar-refractivity contribution in [1.29, 1.82) is 0 Å². The summed E-state index contributed by atoms with van der Waals surface area (Å²) in [7, 11) is 0. The number of nitrogens with zero attached hydrogens (tertiary/aromatic N) is 2. The van der Waals surface area contributed by atoms with Crippen LogP contribution in [-0.4, -0.2) is 21.0 Å². The van der Waals surface area contributed by atoms with E-state index < -0.39 is 5.97 Å². The highest BCUT2D eigenvalue weighted by Gasteiger charge is 2.05. The van der Waals surface area contributed by atoms with Crippen molar-refractivity contribution in [1.82, 2.24) is 9.97 Å². The van der Waals surface area contributed by atoms with Gasteiger partial charge in [0, 0.05) is 44.5 Å². The molecule has 0 unspecified atom stereocenters. The van der Waals surface area contributed by atoms with Gasteiger partial charge >= 0.3 is 5.97 Å². The fourth-order valence-corrected chi connectivity index (χ4v) is 3.43. The van der Waals surface area contributed by atoms with Crippen molar-refractivity contribution in [2.24, 2.45) is 0 Å². The number of rotatable bonds is 1. The normalized spacial score (nSPS) is 10.4. The summed E-state index contributed by atoms with van der Waals surface area (Å²) in [6.07, 6.45) is 7.04. The molecule has 4 aromatic rings. The van der Waals surface area contributed by atoms with Gasteiger partial charge in [-0.2, -0.15) is 0 Å². The average molecular weight is 474 g/mol. The van der Waals surface area contributed by atoms with Crippen LogP contribution in [0.1, 0.15) is 15.9 Å². The zero-order chi connectivity index (χ0) is 18.7. The molecule has 2 aromatic heterocycles. The highest BCUT2D eigenvalue weighted by Crippen LogP contribution is 2.24. The zero-order valence-electron chi connectivity index (χ0n) is 13.8. The molecule has 0 bridgehead atoms. The van der Waals surface area contributed by atoms with E-state index in [0.29, 0.717) is 0 Å². The predicted octanol–water partition coefficient (Wildman–Crippen LogP) is 6.00. The van der Waals surface area contributed by atoms with Gasteiger partial charge in [0.1, 0.15) is 0 Å². The van der Waals surface area contributed by atoms with Crippen molar-refractivity contribution in [3.05, 3.63) is 81.3 Å². The molecular weight excluding hydrogens is 460 g/mol. The Hall–Kier alpha value is -2.31. The first-order valence-corrected chi connectivity index (χ1v) is 9.31. The largest absolute Gasteiger partial charge is 0.478 e. The molecule has 2 heterocycles. The maximum atomic E-state index is 10.7. The molecule has 0 aliphatic rings. The van der Waals surface area contributed by atoms with Gasteiger partial charge < -0.3 is 5.11 Å². The number of hydrogen-bond acceptors (Lipinski definition) is 3. The third-order valence-corrected chi connectivity index (χ3v) is 5.09. The molecule has 0 fully saturated rings. The molecule has 1 N–H and O–H groups in total. The van der Waals surface area contributed by atoms with E-state index in [1.165, 1.54) is 16.3 Å². The van der Waals surface area contributed by atoms with Crippen LogP contribution < -0.4 is 0 Å². The molecule has 4 nitrogen and oxygen atoms in total. The Morgan fingerprint density at radius 2 is 1.38 bits per heavy atom. The number of carboxylic acid groups (broad SMARTS) is 1. The van der Waals surface area contributed by atoms with Crippen LogP contribution in [0.3, 0.4) is 0 Å². The molecule has 26 heavy (non-hydrogen) atoms. The van der Waals surface area contributed by atoms with Crippen molar-refractivity contribution in [2.45, 2.75) is 6.92 Å². The molecule has 0 saturated heterocycles. The van der Waals surface area contributed by atoms with Crippen LogP contribution in [0.25, 0.3) is 21.5 Å². The molecular formula is C20H14Br2N2O2. The highest BCUT2D eigenvalue weighted by molar-refractivity contribution is 9.11. The van der Waals surface area contributed by atoms with Crippen LogP contribution in [0.4, 0.5) is 0 Å². The van der Waals surface area contributed by atoms with Crippen LogP contribution in [0.5, 0.6) is 0 Å². The van der Waals surface area contributed by atoms with Gasteiger partial charge in [-0.1, -0.05) is 29.8 Å². The van der Waals surface area contributed by atoms with Gasteiger partial charge in [-0.25, -0.2) is 4.79 Å². The summed E-state index contributed by atoms with van der Waals surface area (Å²) in [5.41, 5.74) is 1.55. The summed E-state index contributed by atoms with van der Waals surface area (Å²) in [4.78, 5) is 18.8.